The van der Waals surface area contributed by atoms with Crippen molar-refractivity contribution in [3.05, 3.63) is 88.2 Å². The van der Waals surface area contributed by atoms with Gasteiger partial charge >= 0.3 is 11.8 Å². The number of nitrogens with zero attached hydrogens (tertiary/aromatic N) is 2. The van der Waals surface area contributed by atoms with E-state index in [0.717, 1.165) is 28.2 Å². The minimum atomic E-state index is -0.825. The van der Waals surface area contributed by atoms with Gasteiger partial charge < -0.3 is 9.88 Å². The number of hydrogen-bond acceptors (Lipinski definition) is 3. The average Bonchev–Trinajstić information content (AvgIpc) is 3.02. The predicted octanol–water partition coefficient (Wildman–Crippen LogP) is 4.08. The molecule has 154 valence electrons. The zero-order valence-electron chi connectivity index (χ0n) is 17.0. The first-order valence-electron chi connectivity index (χ1n) is 9.51. The molecule has 0 bridgehead atoms. The minimum Gasteiger partial charge on any atom is -0.341 e. The van der Waals surface area contributed by atoms with Crippen LogP contribution in [0.4, 0.5) is 0 Å². The highest BCUT2D eigenvalue weighted by Crippen LogP contribution is 2.25. The number of hydrogen-bond donors (Lipinski definition) is 2. The molecule has 0 aliphatic carbocycles. The van der Waals surface area contributed by atoms with Gasteiger partial charge in [-0.05, 0) is 44.5 Å². The molecule has 2 N–H and O–H groups in total. The second kappa shape index (κ2) is 9.41. The molecule has 1 atom stereocenters. The van der Waals surface area contributed by atoms with Crippen LogP contribution in [0.2, 0.25) is 5.02 Å². The van der Waals surface area contributed by atoms with Gasteiger partial charge in [0.2, 0.25) is 0 Å². The number of para-hydroxylation sites is 1. The van der Waals surface area contributed by atoms with Gasteiger partial charge in [0.1, 0.15) is 0 Å². The van der Waals surface area contributed by atoms with Crippen molar-refractivity contribution < 1.29 is 9.59 Å². The van der Waals surface area contributed by atoms with Gasteiger partial charge in [-0.2, -0.15) is 5.10 Å². The third kappa shape index (κ3) is 4.78. The van der Waals surface area contributed by atoms with E-state index in [1.165, 1.54) is 6.21 Å². The second-order valence-electron chi connectivity index (χ2n) is 6.92. The molecule has 0 fully saturated rings. The lowest BCUT2D eigenvalue weighted by atomic mass is 10.1. The SMILES string of the molecule is Cc1cc(/C=N\NC(=O)C(=O)N[C@@H](C)c2ccccc2)c(C)n1-c1ccccc1Cl. The lowest BCUT2D eigenvalue weighted by Gasteiger charge is -2.13. The average molecular weight is 423 g/mol. The van der Waals surface area contributed by atoms with Crippen molar-refractivity contribution >= 4 is 29.6 Å². The molecule has 30 heavy (non-hydrogen) atoms. The van der Waals surface area contributed by atoms with Gasteiger partial charge in [0.05, 0.1) is 23.0 Å². The molecule has 3 aromatic rings. The highest BCUT2D eigenvalue weighted by atomic mass is 35.5. The molecule has 1 heterocycles. The number of amides is 2. The number of rotatable bonds is 5. The van der Waals surface area contributed by atoms with Crippen LogP contribution in [-0.4, -0.2) is 22.6 Å². The maximum atomic E-state index is 12.1. The van der Waals surface area contributed by atoms with Crippen molar-refractivity contribution in [1.29, 1.82) is 0 Å². The first kappa shape index (κ1) is 21.3. The Kier molecular flexibility index (Phi) is 6.69. The standard InChI is InChI=1S/C23H23ClN4O2/c1-15-13-19(17(3)28(15)21-12-8-7-11-20(21)24)14-25-27-23(30)22(29)26-16(2)18-9-5-4-6-10-18/h4-14,16H,1-3H3,(H,26,29)(H,27,30)/b25-14-/t16-/m0/s1. The molecule has 0 unspecified atom stereocenters. The van der Waals surface area contributed by atoms with E-state index in [0.29, 0.717) is 5.02 Å². The summed E-state index contributed by atoms with van der Waals surface area (Å²) in [7, 11) is 0. The Bertz CT molecular complexity index is 1090. The number of benzene rings is 2. The van der Waals surface area contributed by atoms with Crippen LogP contribution in [0.25, 0.3) is 5.69 Å². The minimum absolute atomic E-state index is 0.289. The summed E-state index contributed by atoms with van der Waals surface area (Å²) >= 11 is 6.32. The molecule has 0 aliphatic rings. The third-order valence-corrected chi connectivity index (χ3v) is 5.11. The first-order chi connectivity index (χ1) is 14.4. The summed E-state index contributed by atoms with van der Waals surface area (Å²) in [4.78, 5) is 24.2. The molecule has 0 radical (unpaired) electrons. The molecule has 2 aromatic carbocycles. The van der Waals surface area contributed by atoms with Crippen LogP contribution in [0.1, 0.15) is 35.5 Å². The highest BCUT2D eigenvalue weighted by molar-refractivity contribution is 6.35. The molecule has 0 spiro atoms. The van der Waals surface area contributed by atoms with Crippen LogP contribution < -0.4 is 10.7 Å². The lowest BCUT2D eigenvalue weighted by Crippen LogP contribution is -2.39. The van der Waals surface area contributed by atoms with Gasteiger partial charge in [0.25, 0.3) is 0 Å². The van der Waals surface area contributed by atoms with E-state index < -0.39 is 11.8 Å². The van der Waals surface area contributed by atoms with Crippen molar-refractivity contribution in [2.75, 3.05) is 0 Å². The molecule has 0 saturated heterocycles. The summed E-state index contributed by atoms with van der Waals surface area (Å²) in [5.41, 5.74) is 6.76. The van der Waals surface area contributed by atoms with Crippen LogP contribution in [-0.2, 0) is 9.59 Å². The summed E-state index contributed by atoms with van der Waals surface area (Å²) in [6.07, 6.45) is 1.52. The van der Waals surface area contributed by atoms with E-state index in [1.54, 1.807) is 0 Å². The zero-order valence-corrected chi connectivity index (χ0v) is 17.8. The predicted molar refractivity (Wildman–Crippen MR) is 119 cm³/mol. The molecule has 1 aromatic heterocycles. The van der Waals surface area contributed by atoms with Crippen LogP contribution in [0.5, 0.6) is 0 Å². The molecule has 7 heteroatoms. The van der Waals surface area contributed by atoms with E-state index >= 15 is 0 Å². The Morgan fingerprint density at radius 3 is 2.40 bits per heavy atom. The maximum Gasteiger partial charge on any atom is 0.329 e. The Hall–Kier alpha value is -3.38. The smallest absolute Gasteiger partial charge is 0.329 e. The molecule has 6 nitrogen and oxygen atoms in total. The van der Waals surface area contributed by atoms with E-state index in [9.17, 15) is 9.59 Å². The van der Waals surface area contributed by atoms with Crippen molar-refractivity contribution in [2.24, 2.45) is 5.10 Å². The lowest BCUT2D eigenvalue weighted by molar-refractivity contribution is -0.139. The number of halogens is 1. The summed E-state index contributed by atoms with van der Waals surface area (Å²) in [5, 5.41) is 7.23. The van der Waals surface area contributed by atoms with Crippen LogP contribution in [0, 0.1) is 13.8 Å². The topological polar surface area (TPSA) is 75.5 Å². The number of carbonyl (C=O) groups is 2. The van der Waals surface area contributed by atoms with Crippen molar-refractivity contribution in [3.63, 3.8) is 0 Å². The summed E-state index contributed by atoms with van der Waals surface area (Å²) in [6.45, 7) is 5.71. The van der Waals surface area contributed by atoms with Gasteiger partial charge in [-0.1, -0.05) is 54.1 Å². The van der Waals surface area contributed by atoms with Crippen LogP contribution in [0.3, 0.4) is 0 Å². The maximum absolute atomic E-state index is 12.1. The van der Waals surface area contributed by atoms with Crippen LogP contribution >= 0.6 is 11.6 Å². The Morgan fingerprint density at radius 2 is 1.70 bits per heavy atom. The molecule has 0 saturated carbocycles. The fraction of sp³-hybridized carbons (Fsp3) is 0.174. The summed E-state index contributed by atoms with van der Waals surface area (Å²) in [6, 6.07) is 18.6. The largest absolute Gasteiger partial charge is 0.341 e. The van der Waals surface area contributed by atoms with Crippen molar-refractivity contribution in [2.45, 2.75) is 26.8 Å². The van der Waals surface area contributed by atoms with Gasteiger partial charge in [-0.3, -0.25) is 9.59 Å². The monoisotopic (exact) mass is 422 g/mol. The fourth-order valence-electron chi connectivity index (χ4n) is 3.22. The fourth-order valence-corrected chi connectivity index (χ4v) is 3.44. The number of aryl methyl sites for hydroxylation is 1. The van der Waals surface area contributed by atoms with E-state index in [1.807, 2.05) is 86.0 Å². The van der Waals surface area contributed by atoms with Gasteiger partial charge in [-0.15, -0.1) is 0 Å². The molecular weight excluding hydrogens is 400 g/mol. The highest BCUT2D eigenvalue weighted by Gasteiger charge is 2.17. The number of carbonyl (C=O) groups excluding carboxylic acids is 2. The van der Waals surface area contributed by atoms with Crippen molar-refractivity contribution in [3.8, 4) is 5.69 Å². The van der Waals surface area contributed by atoms with Gasteiger partial charge in [-0.25, -0.2) is 5.43 Å². The molecule has 2 amide bonds. The normalized spacial score (nSPS) is 12.0. The number of aromatic nitrogens is 1. The Morgan fingerprint density at radius 1 is 1.03 bits per heavy atom. The Labute approximate surface area is 180 Å². The van der Waals surface area contributed by atoms with Gasteiger partial charge in [0.15, 0.2) is 0 Å². The van der Waals surface area contributed by atoms with Crippen LogP contribution in [0.15, 0.2) is 65.8 Å². The third-order valence-electron chi connectivity index (χ3n) is 4.79. The quantitative estimate of drug-likeness (QED) is 0.369. The van der Waals surface area contributed by atoms with Gasteiger partial charge in [0, 0.05) is 17.0 Å². The summed E-state index contributed by atoms with van der Waals surface area (Å²) in [5.74, 6) is -1.57. The van der Waals surface area contributed by atoms with E-state index in [2.05, 4.69) is 15.8 Å². The van der Waals surface area contributed by atoms with E-state index in [4.69, 9.17) is 11.6 Å². The molecular formula is C23H23ClN4O2. The van der Waals surface area contributed by atoms with Crippen molar-refractivity contribution in [1.82, 2.24) is 15.3 Å². The second-order valence-corrected chi connectivity index (χ2v) is 7.33. The van der Waals surface area contributed by atoms with E-state index in [-0.39, 0.29) is 6.04 Å². The number of hydrazone groups is 1. The zero-order chi connectivity index (χ0) is 21.7. The summed E-state index contributed by atoms with van der Waals surface area (Å²) < 4.78 is 2.01. The first-order valence-corrected chi connectivity index (χ1v) is 9.89. The number of nitrogens with one attached hydrogen (secondary N) is 2. The molecule has 0 aliphatic heterocycles. The molecule has 3 rings (SSSR count). The Balaban J connectivity index is 1.65.